The van der Waals surface area contributed by atoms with E-state index in [4.69, 9.17) is 162 Å². The molecule has 0 aromatic heterocycles. The lowest BCUT2D eigenvalue weighted by molar-refractivity contribution is 1.52. The Labute approximate surface area is 242 Å². The average Bonchev–Trinajstić information content (AvgIpc) is 2.63. The first-order chi connectivity index (χ1) is 13.2. The van der Waals surface area contributed by atoms with Crippen LogP contribution in [-0.4, -0.2) is 15.0 Å². The molecule has 0 spiro atoms. The smallest absolute Gasteiger partial charge is 0.125 e. The minimum atomic E-state index is -1.61. The van der Waals surface area contributed by atoms with Gasteiger partial charge in [-0.2, -0.15) is 0 Å². The standard InChI is InChI=1S/C6H6.C2Cl4.C2HCl3.C2H4Cl2.C2H3Cl.CCl4/c1-2-4-6-5-3-1;3-1(4)2(5)6;3-1-2(4)5;3-1-2-4;1-2-3;2-1(3,4)5/h1-6H;;1H;1-2H2;2H,1H2;. The Bertz CT molecular complexity index is 425. The molecule has 0 amide bonds. The molecule has 0 atom stereocenters. The van der Waals surface area contributed by atoms with Crippen LogP contribution in [-0.2, 0) is 0 Å². The van der Waals surface area contributed by atoms with Gasteiger partial charge in [0.2, 0.25) is 0 Å². The average molecular weight is 691 g/mol. The molecule has 1 aromatic rings. The predicted octanol–water partition coefficient (Wildman–Crippen LogP) is 12.6. The highest BCUT2D eigenvalue weighted by molar-refractivity contribution is 6.83. The summed E-state index contributed by atoms with van der Waals surface area (Å²) in [5, 5.41) is 0. The molecule has 0 radical (unpaired) electrons. The molecule has 0 aliphatic heterocycles. The lowest BCUT2D eigenvalue weighted by Gasteiger charge is -1.91. The highest BCUT2D eigenvalue weighted by Gasteiger charge is 2.11. The summed E-state index contributed by atoms with van der Waals surface area (Å²) in [5.41, 5.74) is 2.31. The molecule has 0 aliphatic carbocycles. The maximum Gasteiger partial charge on any atom is 0.266 e. The highest BCUT2D eigenvalue weighted by atomic mass is 35.6. The van der Waals surface area contributed by atoms with E-state index < -0.39 is 3.25 Å². The van der Waals surface area contributed by atoms with Crippen LogP contribution in [0.1, 0.15) is 0 Å². The Kier molecular flexibility index (Phi) is 50.5. The fourth-order valence-electron chi connectivity index (χ4n) is 0.385. The summed E-state index contributed by atoms with van der Waals surface area (Å²) in [6.45, 7) is 3.13. The van der Waals surface area contributed by atoms with Crippen molar-refractivity contribution in [2.45, 2.75) is 3.25 Å². The first-order valence-corrected chi connectivity index (χ1v) is 12.0. The number of rotatable bonds is 1. The van der Waals surface area contributed by atoms with Gasteiger partial charge < -0.3 is 0 Å². The van der Waals surface area contributed by atoms with Crippen LogP contribution < -0.4 is 0 Å². The quantitative estimate of drug-likeness (QED) is 0.257. The van der Waals surface area contributed by atoms with Crippen molar-refractivity contribution in [1.82, 2.24) is 0 Å². The summed E-state index contributed by atoms with van der Waals surface area (Å²) < 4.78 is -1.72. The van der Waals surface area contributed by atoms with Gasteiger partial charge in [0.1, 0.15) is 13.5 Å². The van der Waals surface area contributed by atoms with Gasteiger partial charge in [0.15, 0.2) is 0 Å². The van der Waals surface area contributed by atoms with E-state index in [0.29, 0.717) is 11.8 Å². The second-order valence-electron chi connectivity index (χ2n) is 3.04. The molecule has 1 rings (SSSR count). The van der Waals surface area contributed by atoms with Gasteiger partial charge >= 0.3 is 0 Å². The first kappa shape index (κ1) is 41.7. The number of hydrogen-bond donors (Lipinski definition) is 0. The predicted molar refractivity (Wildman–Crippen MR) is 146 cm³/mol. The summed E-state index contributed by atoms with van der Waals surface area (Å²) >= 11 is 69.0. The van der Waals surface area contributed by atoms with E-state index in [0.717, 1.165) is 5.54 Å². The Morgan fingerprint density at radius 3 is 0.828 bits per heavy atom. The summed E-state index contributed by atoms with van der Waals surface area (Å²) in [7, 11) is 0. The third-order valence-corrected chi connectivity index (χ3v) is 3.34. The van der Waals surface area contributed by atoms with Crippen molar-refractivity contribution < 1.29 is 0 Å². The largest absolute Gasteiger partial charge is 0.266 e. The Balaban J connectivity index is -0.0000000807. The molecule has 0 fully saturated rings. The van der Waals surface area contributed by atoms with Gasteiger partial charge in [-0.05, 0) is 5.54 Å². The molecule has 29 heavy (non-hydrogen) atoms. The van der Waals surface area contributed by atoms with Crippen LogP contribution >= 0.6 is 162 Å². The van der Waals surface area contributed by atoms with Crippen LogP contribution in [0.4, 0.5) is 0 Å². The highest BCUT2D eigenvalue weighted by Crippen LogP contribution is 2.29. The van der Waals surface area contributed by atoms with Crippen molar-refractivity contribution in [3.8, 4) is 0 Å². The molecule has 172 valence electrons. The molecule has 0 unspecified atom stereocenters. The maximum absolute atomic E-state index is 5.05. The number of halogens is 14. The van der Waals surface area contributed by atoms with Crippen LogP contribution in [0, 0.1) is 0 Å². The van der Waals surface area contributed by atoms with Crippen molar-refractivity contribution in [3.05, 3.63) is 67.5 Å². The van der Waals surface area contributed by atoms with Crippen molar-refractivity contribution in [2.75, 3.05) is 11.8 Å². The number of benzene rings is 1. The SMILES string of the molecule is C=CCl.ClC(Cl)(Cl)Cl.ClC(Cl)=C(Cl)Cl.ClC=C(Cl)Cl.ClCCCl.c1ccccc1. The summed E-state index contributed by atoms with van der Waals surface area (Å²) in [6, 6.07) is 12.0. The van der Waals surface area contributed by atoms with E-state index in [2.05, 4.69) is 6.58 Å². The Hall–Kier alpha value is 2.50. The molecule has 0 bridgehead atoms. The second-order valence-corrected chi connectivity index (χ2v) is 10.7. The number of hydrogen-bond acceptors (Lipinski definition) is 0. The van der Waals surface area contributed by atoms with Gasteiger partial charge in [-0.1, -0.05) is 182 Å². The second kappa shape index (κ2) is 35.1. The molecule has 1 aromatic carbocycles. The topological polar surface area (TPSA) is 0 Å². The maximum atomic E-state index is 5.05. The van der Waals surface area contributed by atoms with Crippen molar-refractivity contribution in [2.24, 2.45) is 0 Å². The zero-order chi connectivity index (χ0) is 24.3. The monoisotopic (exact) mass is 684 g/mol. The zero-order valence-corrected chi connectivity index (χ0v) is 24.6. The van der Waals surface area contributed by atoms with E-state index in [1.165, 1.54) is 5.54 Å². The molecular weight excluding hydrogens is 677 g/mol. The molecule has 0 N–H and O–H groups in total. The fourth-order valence-corrected chi connectivity index (χ4v) is 0.385. The van der Waals surface area contributed by atoms with E-state index in [1.54, 1.807) is 0 Å². The molecule has 0 heterocycles. The molecule has 0 saturated heterocycles. The lowest BCUT2D eigenvalue weighted by atomic mass is 10.4. The fraction of sp³-hybridized carbons (Fsp3) is 0.200. The molecule has 0 aliphatic rings. The molecule has 14 heteroatoms. The van der Waals surface area contributed by atoms with Crippen LogP contribution in [0.15, 0.2) is 67.5 Å². The number of alkyl halides is 6. The van der Waals surface area contributed by atoms with E-state index in [-0.39, 0.29) is 13.5 Å². The minimum absolute atomic E-state index is 0.0895. The van der Waals surface area contributed by atoms with Crippen LogP contribution in [0.25, 0.3) is 0 Å². The van der Waals surface area contributed by atoms with Crippen molar-refractivity contribution >= 4 is 162 Å². The summed E-state index contributed by atoms with van der Waals surface area (Å²) in [6.07, 6.45) is 0. The molecule has 0 nitrogen and oxygen atoms in total. The van der Waals surface area contributed by atoms with E-state index in [9.17, 15) is 0 Å². The first-order valence-electron chi connectivity index (χ1n) is 6.31. The van der Waals surface area contributed by atoms with Gasteiger partial charge in [-0.15, -0.1) is 23.2 Å². The van der Waals surface area contributed by atoms with Crippen molar-refractivity contribution in [1.29, 1.82) is 0 Å². The lowest BCUT2D eigenvalue weighted by Crippen LogP contribution is -1.81. The van der Waals surface area contributed by atoms with E-state index >= 15 is 0 Å². The van der Waals surface area contributed by atoms with E-state index in [1.807, 2.05) is 36.4 Å². The third-order valence-electron chi connectivity index (χ3n) is 0.963. The minimum Gasteiger partial charge on any atom is -0.125 e. The molecule has 0 saturated carbocycles. The van der Waals surface area contributed by atoms with Gasteiger partial charge in [-0.3, -0.25) is 0 Å². The van der Waals surface area contributed by atoms with Crippen LogP contribution in [0.5, 0.6) is 0 Å². The summed E-state index contributed by atoms with van der Waals surface area (Å²) in [5.74, 6) is 1.11. The Morgan fingerprint density at radius 2 is 0.793 bits per heavy atom. The molecular formula is C15H14Cl14. The van der Waals surface area contributed by atoms with Gasteiger partial charge in [0, 0.05) is 17.3 Å². The normalized spacial score (nSPS) is 8.07. The zero-order valence-electron chi connectivity index (χ0n) is 14.0. The van der Waals surface area contributed by atoms with Gasteiger partial charge in [0.05, 0.1) is 0 Å². The Morgan fingerprint density at radius 1 is 0.655 bits per heavy atom. The summed E-state index contributed by atoms with van der Waals surface area (Å²) in [4.78, 5) is 0. The van der Waals surface area contributed by atoms with Gasteiger partial charge in [0.25, 0.3) is 3.25 Å². The van der Waals surface area contributed by atoms with Crippen LogP contribution in [0.3, 0.4) is 0 Å². The van der Waals surface area contributed by atoms with Crippen LogP contribution in [0.2, 0.25) is 0 Å². The third kappa shape index (κ3) is 103. The van der Waals surface area contributed by atoms with Crippen molar-refractivity contribution in [3.63, 3.8) is 0 Å². The van der Waals surface area contributed by atoms with Gasteiger partial charge in [-0.25, -0.2) is 0 Å².